The molecule has 0 atom stereocenters. The number of anilines is 1. The molecular formula is C12H11ClN2O3S. The molecular weight excluding hydrogens is 288 g/mol. The van der Waals surface area contributed by atoms with Crippen LogP contribution in [-0.2, 0) is 16.6 Å². The van der Waals surface area contributed by atoms with Crippen molar-refractivity contribution in [1.82, 2.24) is 4.98 Å². The summed E-state index contributed by atoms with van der Waals surface area (Å²) in [6, 6.07) is 9.04. The predicted octanol–water partition coefficient (Wildman–Crippen LogP) is 2.03. The van der Waals surface area contributed by atoms with Gasteiger partial charge in [-0.15, -0.1) is 0 Å². The van der Waals surface area contributed by atoms with Crippen LogP contribution in [0.3, 0.4) is 0 Å². The van der Waals surface area contributed by atoms with Gasteiger partial charge < -0.3 is 5.11 Å². The van der Waals surface area contributed by atoms with E-state index in [9.17, 15) is 8.42 Å². The number of halogens is 1. The Kier molecular flexibility index (Phi) is 4.04. The Morgan fingerprint density at radius 3 is 2.63 bits per heavy atom. The Morgan fingerprint density at radius 2 is 2.05 bits per heavy atom. The van der Waals surface area contributed by atoms with Crippen molar-refractivity contribution >= 4 is 27.4 Å². The Balaban J connectivity index is 2.32. The fraction of sp³-hybridized carbons (Fsp3) is 0.0833. The lowest BCUT2D eigenvalue weighted by molar-refractivity contribution is 0.282. The zero-order valence-corrected chi connectivity index (χ0v) is 11.3. The van der Waals surface area contributed by atoms with Gasteiger partial charge in [0.2, 0.25) is 0 Å². The van der Waals surface area contributed by atoms with E-state index >= 15 is 0 Å². The van der Waals surface area contributed by atoms with Crippen molar-refractivity contribution in [1.29, 1.82) is 0 Å². The molecule has 0 aliphatic heterocycles. The van der Waals surface area contributed by atoms with Crippen LogP contribution in [0.15, 0.2) is 47.5 Å². The van der Waals surface area contributed by atoms with Gasteiger partial charge in [0.1, 0.15) is 5.82 Å². The van der Waals surface area contributed by atoms with Crippen LogP contribution in [0.5, 0.6) is 0 Å². The van der Waals surface area contributed by atoms with Crippen LogP contribution >= 0.6 is 11.6 Å². The fourth-order valence-corrected chi connectivity index (χ4v) is 2.78. The van der Waals surface area contributed by atoms with Crippen LogP contribution in [-0.4, -0.2) is 18.5 Å². The monoisotopic (exact) mass is 298 g/mol. The molecule has 0 radical (unpaired) electrons. The first-order valence-electron chi connectivity index (χ1n) is 5.36. The lowest BCUT2D eigenvalue weighted by Gasteiger charge is -2.08. The Hall–Kier alpha value is -1.63. The van der Waals surface area contributed by atoms with E-state index in [1.54, 1.807) is 18.2 Å². The number of aromatic nitrogens is 1. The van der Waals surface area contributed by atoms with Crippen molar-refractivity contribution in [3.63, 3.8) is 0 Å². The van der Waals surface area contributed by atoms with Crippen molar-refractivity contribution in [3.05, 3.63) is 53.2 Å². The first kappa shape index (κ1) is 13.8. The number of nitrogens with one attached hydrogen (secondary N) is 1. The van der Waals surface area contributed by atoms with E-state index < -0.39 is 10.0 Å². The van der Waals surface area contributed by atoms with Crippen LogP contribution in [0.2, 0.25) is 5.02 Å². The third-order valence-corrected chi connectivity index (χ3v) is 4.11. The zero-order chi connectivity index (χ0) is 13.9. The zero-order valence-electron chi connectivity index (χ0n) is 9.75. The molecule has 0 saturated heterocycles. The molecule has 0 saturated carbocycles. The van der Waals surface area contributed by atoms with E-state index in [0.29, 0.717) is 5.56 Å². The Morgan fingerprint density at radius 1 is 1.26 bits per heavy atom. The van der Waals surface area contributed by atoms with Gasteiger partial charge in [-0.25, -0.2) is 13.4 Å². The largest absolute Gasteiger partial charge is 0.392 e. The van der Waals surface area contributed by atoms with Crippen LogP contribution < -0.4 is 4.72 Å². The van der Waals surface area contributed by atoms with Gasteiger partial charge in [0.05, 0.1) is 11.5 Å². The van der Waals surface area contributed by atoms with Crippen molar-refractivity contribution < 1.29 is 13.5 Å². The SMILES string of the molecule is O=S(=O)(Nc1ccccn1)c1ccc(CO)c(Cl)c1. The molecule has 0 aliphatic rings. The summed E-state index contributed by atoms with van der Waals surface area (Å²) in [5.74, 6) is 0.227. The highest BCUT2D eigenvalue weighted by atomic mass is 35.5. The number of pyridine rings is 1. The van der Waals surface area contributed by atoms with E-state index in [1.807, 2.05) is 0 Å². The minimum atomic E-state index is -3.74. The maximum Gasteiger partial charge on any atom is 0.263 e. The summed E-state index contributed by atoms with van der Waals surface area (Å²) in [6.45, 7) is -0.243. The highest BCUT2D eigenvalue weighted by molar-refractivity contribution is 7.92. The second kappa shape index (κ2) is 5.56. The summed E-state index contributed by atoms with van der Waals surface area (Å²) < 4.78 is 26.5. The van der Waals surface area contributed by atoms with Crippen molar-refractivity contribution in [2.75, 3.05) is 4.72 Å². The van der Waals surface area contributed by atoms with Gasteiger partial charge in [-0.3, -0.25) is 4.72 Å². The number of aliphatic hydroxyl groups excluding tert-OH is 1. The number of rotatable bonds is 4. The average Bonchev–Trinajstić information content (AvgIpc) is 2.39. The maximum atomic E-state index is 12.1. The molecule has 1 aromatic heterocycles. The predicted molar refractivity (Wildman–Crippen MR) is 72.4 cm³/mol. The summed E-state index contributed by atoms with van der Waals surface area (Å²) in [7, 11) is -3.74. The normalized spacial score (nSPS) is 11.3. The molecule has 1 aromatic carbocycles. The van der Waals surface area contributed by atoms with Crippen LogP contribution in [0.25, 0.3) is 0 Å². The average molecular weight is 299 g/mol. The third kappa shape index (κ3) is 3.23. The fourth-order valence-electron chi connectivity index (χ4n) is 1.44. The molecule has 0 unspecified atom stereocenters. The van der Waals surface area contributed by atoms with Gasteiger partial charge >= 0.3 is 0 Å². The molecule has 0 bridgehead atoms. The highest BCUT2D eigenvalue weighted by Gasteiger charge is 2.16. The molecule has 7 heteroatoms. The van der Waals surface area contributed by atoms with Crippen LogP contribution in [0.1, 0.15) is 5.56 Å². The summed E-state index contributed by atoms with van der Waals surface area (Å²) in [5, 5.41) is 9.19. The molecule has 100 valence electrons. The summed E-state index contributed by atoms with van der Waals surface area (Å²) in [5.41, 5.74) is 0.471. The third-order valence-electron chi connectivity index (χ3n) is 2.41. The number of nitrogens with zero attached hydrogens (tertiary/aromatic N) is 1. The van der Waals surface area contributed by atoms with Gasteiger partial charge in [-0.2, -0.15) is 0 Å². The summed E-state index contributed by atoms with van der Waals surface area (Å²) >= 11 is 5.87. The number of benzene rings is 1. The van der Waals surface area contributed by atoms with Crippen molar-refractivity contribution in [3.8, 4) is 0 Å². The maximum absolute atomic E-state index is 12.1. The lowest BCUT2D eigenvalue weighted by atomic mass is 10.2. The van der Waals surface area contributed by atoms with Crippen LogP contribution in [0, 0.1) is 0 Å². The first-order chi connectivity index (χ1) is 9.03. The molecule has 2 rings (SSSR count). The molecule has 0 spiro atoms. The second-order valence-electron chi connectivity index (χ2n) is 3.73. The summed E-state index contributed by atoms with van der Waals surface area (Å²) in [6.07, 6.45) is 1.49. The van der Waals surface area contributed by atoms with Crippen molar-refractivity contribution in [2.24, 2.45) is 0 Å². The van der Waals surface area contributed by atoms with Gasteiger partial charge in [0.25, 0.3) is 10.0 Å². The highest BCUT2D eigenvalue weighted by Crippen LogP contribution is 2.22. The standard InChI is InChI=1S/C12H11ClN2O3S/c13-11-7-10(5-4-9(11)8-16)19(17,18)15-12-3-1-2-6-14-12/h1-7,16H,8H2,(H,14,15). The van der Waals surface area contributed by atoms with E-state index in [0.717, 1.165) is 0 Å². The van der Waals surface area contributed by atoms with E-state index in [2.05, 4.69) is 9.71 Å². The summed E-state index contributed by atoms with van der Waals surface area (Å²) in [4.78, 5) is 3.90. The number of hydrogen-bond acceptors (Lipinski definition) is 4. The molecule has 19 heavy (non-hydrogen) atoms. The molecule has 0 amide bonds. The number of hydrogen-bond donors (Lipinski definition) is 2. The van der Waals surface area contributed by atoms with Gasteiger partial charge in [0.15, 0.2) is 0 Å². The van der Waals surface area contributed by atoms with Crippen molar-refractivity contribution in [2.45, 2.75) is 11.5 Å². The molecule has 2 aromatic rings. The van der Waals surface area contributed by atoms with E-state index in [-0.39, 0.29) is 22.3 Å². The molecule has 0 fully saturated rings. The smallest absolute Gasteiger partial charge is 0.263 e. The molecule has 0 aliphatic carbocycles. The number of aliphatic hydroxyl groups is 1. The molecule has 1 heterocycles. The lowest BCUT2D eigenvalue weighted by Crippen LogP contribution is -2.13. The quantitative estimate of drug-likeness (QED) is 0.905. The molecule has 2 N–H and O–H groups in total. The van der Waals surface area contributed by atoms with Crippen LogP contribution in [0.4, 0.5) is 5.82 Å². The van der Waals surface area contributed by atoms with Gasteiger partial charge in [0, 0.05) is 11.2 Å². The topological polar surface area (TPSA) is 79.3 Å². The first-order valence-corrected chi connectivity index (χ1v) is 7.22. The minimum Gasteiger partial charge on any atom is -0.392 e. The van der Waals surface area contributed by atoms with Gasteiger partial charge in [-0.1, -0.05) is 23.7 Å². The van der Waals surface area contributed by atoms with Gasteiger partial charge in [-0.05, 0) is 29.8 Å². The van der Waals surface area contributed by atoms with E-state index in [4.69, 9.17) is 16.7 Å². The Labute approximate surface area is 115 Å². The minimum absolute atomic E-state index is 0.0142. The second-order valence-corrected chi connectivity index (χ2v) is 5.82. The van der Waals surface area contributed by atoms with E-state index in [1.165, 1.54) is 24.4 Å². The Bertz CT molecular complexity index is 675. The molecule has 5 nitrogen and oxygen atoms in total. The number of sulfonamides is 1.